The molecule has 0 fully saturated rings. The third-order valence-electron chi connectivity index (χ3n) is 3.32. The molecule has 0 N–H and O–H groups in total. The standard InChI is InChI=1S/C16H18N2O5S/c1-3-17(13-7-5-9-15(11-13)23-4-2)24(21,22)16-10-6-8-14(12-16)18(19)20/h5-12H,3-4H2,1-2H3. The molecular weight excluding hydrogens is 332 g/mol. The van der Waals surface area contributed by atoms with E-state index in [1.807, 2.05) is 6.92 Å². The Bertz CT molecular complexity index is 836. The summed E-state index contributed by atoms with van der Waals surface area (Å²) < 4.78 is 32.3. The smallest absolute Gasteiger partial charge is 0.270 e. The summed E-state index contributed by atoms with van der Waals surface area (Å²) >= 11 is 0. The molecule has 0 saturated carbocycles. The Balaban J connectivity index is 2.47. The number of hydrogen-bond donors (Lipinski definition) is 0. The topological polar surface area (TPSA) is 89.8 Å². The Morgan fingerprint density at radius 1 is 1.12 bits per heavy atom. The molecule has 0 aliphatic heterocycles. The Morgan fingerprint density at radius 3 is 2.46 bits per heavy atom. The molecule has 0 spiro atoms. The summed E-state index contributed by atoms with van der Waals surface area (Å²) in [5, 5.41) is 10.9. The van der Waals surface area contributed by atoms with Crippen LogP contribution in [0.1, 0.15) is 13.8 Å². The second kappa shape index (κ2) is 7.31. The summed E-state index contributed by atoms with van der Waals surface area (Å²) in [7, 11) is -3.92. The lowest BCUT2D eigenvalue weighted by Gasteiger charge is -2.23. The van der Waals surface area contributed by atoms with E-state index in [9.17, 15) is 18.5 Å². The van der Waals surface area contributed by atoms with Crippen molar-refractivity contribution in [1.29, 1.82) is 0 Å². The van der Waals surface area contributed by atoms with Gasteiger partial charge in [0.2, 0.25) is 0 Å². The van der Waals surface area contributed by atoms with Gasteiger partial charge in [0.1, 0.15) is 5.75 Å². The number of anilines is 1. The number of ether oxygens (including phenoxy) is 1. The number of sulfonamides is 1. The van der Waals surface area contributed by atoms with Crippen molar-refractivity contribution in [2.75, 3.05) is 17.5 Å². The van der Waals surface area contributed by atoms with E-state index in [1.54, 1.807) is 31.2 Å². The van der Waals surface area contributed by atoms with Crippen molar-refractivity contribution in [3.05, 3.63) is 58.6 Å². The number of nitrogens with zero attached hydrogens (tertiary/aromatic N) is 2. The van der Waals surface area contributed by atoms with Gasteiger partial charge in [-0.05, 0) is 32.0 Å². The average Bonchev–Trinajstić information content (AvgIpc) is 2.56. The van der Waals surface area contributed by atoms with Crippen LogP contribution < -0.4 is 9.04 Å². The predicted octanol–water partition coefficient (Wildman–Crippen LogP) is 3.21. The van der Waals surface area contributed by atoms with Gasteiger partial charge in [0.15, 0.2) is 0 Å². The van der Waals surface area contributed by atoms with Gasteiger partial charge in [-0.1, -0.05) is 12.1 Å². The summed E-state index contributed by atoms with van der Waals surface area (Å²) in [6, 6.07) is 11.7. The highest BCUT2D eigenvalue weighted by Gasteiger charge is 2.25. The molecule has 0 aliphatic rings. The molecule has 0 bridgehead atoms. The molecule has 0 atom stereocenters. The molecule has 0 heterocycles. The van der Waals surface area contributed by atoms with Gasteiger partial charge in [0.25, 0.3) is 15.7 Å². The summed E-state index contributed by atoms with van der Waals surface area (Å²) in [5.74, 6) is 0.558. The molecule has 24 heavy (non-hydrogen) atoms. The Kier molecular flexibility index (Phi) is 5.40. The second-order valence-corrected chi connectivity index (χ2v) is 6.72. The number of non-ortho nitro benzene ring substituents is 1. The normalized spacial score (nSPS) is 11.1. The van der Waals surface area contributed by atoms with Crippen molar-refractivity contribution in [3.63, 3.8) is 0 Å². The first kappa shape index (κ1) is 17.7. The third-order valence-corrected chi connectivity index (χ3v) is 5.22. The quantitative estimate of drug-likeness (QED) is 0.565. The molecule has 0 unspecified atom stereocenters. The van der Waals surface area contributed by atoms with Gasteiger partial charge in [-0.2, -0.15) is 0 Å². The number of nitro groups is 1. The van der Waals surface area contributed by atoms with Crippen LogP contribution in [0.3, 0.4) is 0 Å². The molecule has 8 heteroatoms. The molecule has 2 aromatic carbocycles. The van der Waals surface area contributed by atoms with E-state index in [0.29, 0.717) is 18.0 Å². The summed E-state index contributed by atoms with van der Waals surface area (Å²) in [5.41, 5.74) is 0.171. The lowest BCUT2D eigenvalue weighted by Crippen LogP contribution is -2.30. The molecule has 0 radical (unpaired) electrons. The molecule has 0 aromatic heterocycles. The van der Waals surface area contributed by atoms with E-state index in [-0.39, 0.29) is 17.1 Å². The van der Waals surface area contributed by atoms with Gasteiger partial charge in [0.05, 0.1) is 22.1 Å². The van der Waals surface area contributed by atoms with Crippen LogP contribution in [0.5, 0.6) is 5.75 Å². The van der Waals surface area contributed by atoms with Gasteiger partial charge in [-0.3, -0.25) is 14.4 Å². The number of hydrogen-bond acceptors (Lipinski definition) is 5. The molecule has 7 nitrogen and oxygen atoms in total. The van der Waals surface area contributed by atoms with Crippen molar-refractivity contribution >= 4 is 21.4 Å². The molecular formula is C16H18N2O5S. The number of benzene rings is 2. The predicted molar refractivity (Wildman–Crippen MR) is 90.9 cm³/mol. The van der Waals surface area contributed by atoms with Crippen LogP contribution in [-0.2, 0) is 10.0 Å². The van der Waals surface area contributed by atoms with Crippen molar-refractivity contribution in [1.82, 2.24) is 0 Å². The molecule has 0 amide bonds. The van der Waals surface area contributed by atoms with Crippen LogP contribution in [0.2, 0.25) is 0 Å². The minimum absolute atomic E-state index is 0.125. The number of rotatable bonds is 7. The Hall–Kier alpha value is -2.61. The maximum absolute atomic E-state index is 12.9. The van der Waals surface area contributed by atoms with Crippen LogP contribution in [0.4, 0.5) is 11.4 Å². The van der Waals surface area contributed by atoms with E-state index >= 15 is 0 Å². The third kappa shape index (κ3) is 3.65. The average molecular weight is 350 g/mol. The van der Waals surface area contributed by atoms with E-state index < -0.39 is 14.9 Å². The molecule has 2 aromatic rings. The van der Waals surface area contributed by atoms with E-state index in [1.165, 1.54) is 22.5 Å². The molecule has 2 rings (SSSR count). The van der Waals surface area contributed by atoms with Crippen LogP contribution in [0.25, 0.3) is 0 Å². The fraction of sp³-hybridized carbons (Fsp3) is 0.250. The van der Waals surface area contributed by atoms with Gasteiger partial charge in [-0.25, -0.2) is 8.42 Å². The number of nitro benzene ring substituents is 1. The second-order valence-electron chi connectivity index (χ2n) is 4.85. The van der Waals surface area contributed by atoms with Crippen LogP contribution in [-0.4, -0.2) is 26.5 Å². The first-order valence-electron chi connectivity index (χ1n) is 7.40. The van der Waals surface area contributed by atoms with Gasteiger partial charge < -0.3 is 4.74 Å². The maximum Gasteiger partial charge on any atom is 0.270 e. The highest BCUT2D eigenvalue weighted by Crippen LogP contribution is 2.28. The highest BCUT2D eigenvalue weighted by molar-refractivity contribution is 7.92. The van der Waals surface area contributed by atoms with Crippen LogP contribution in [0.15, 0.2) is 53.4 Å². The van der Waals surface area contributed by atoms with E-state index in [4.69, 9.17) is 4.74 Å². The maximum atomic E-state index is 12.9. The van der Waals surface area contributed by atoms with Crippen molar-refractivity contribution in [2.24, 2.45) is 0 Å². The minimum Gasteiger partial charge on any atom is -0.494 e. The summed E-state index contributed by atoms with van der Waals surface area (Å²) in [6.45, 7) is 4.18. The highest BCUT2D eigenvalue weighted by atomic mass is 32.2. The van der Waals surface area contributed by atoms with Gasteiger partial charge >= 0.3 is 0 Å². The van der Waals surface area contributed by atoms with Crippen molar-refractivity contribution < 1.29 is 18.1 Å². The largest absolute Gasteiger partial charge is 0.494 e. The summed E-state index contributed by atoms with van der Waals surface area (Å²) in [4.78, 5) is 10.1. The van der Waals surface area contributed by atoms with Gasteiger partial charge in [0, 0.05) is 24.7 Å². The zero-order chi connectivity index (χ0) is 17.7. The zero-order valence-corrected chi connectivity index (χ0v) is 14.2. The fourth-order valence-electron chi connectivity index (χ4n) is 2.27. The van der Waals surface area contributed by atoms with Crippen LogP contribution in [0, 0.1) is 10.1 Å². The molecule has 0 aliphatic carbocycles. The van der Waals surface area contributed by atoms with E-state index in [0.717, 1.165) is 6.07 Å². The summed E-state index contributed by atoms with van der Waals surface area (Å²) in [6.07, 6.45) is 0. The lowest BCUT2D eigenvalue weighted by molar-refractivity contribution is -0.385. The van der Waals surface area contributed by atoms with E-state index in [2.05, 4.69) is 0 Å². The Morgan fingerprint density at radius 2 is 1.83 bits per heavy atom. The van der Waals surface area contributed by atoms with Crippen LogP contribution >= 0.6 is 0 Å². The van der Waals surface area contributed by atoms with Crippen molar-refractivity contribution in [3.8, 4) is 5.75 Å². The lowest BCUT2D eigenvalue weighted by atomic mass is 10.3. The fourth-order valence-corrected chi connectivity index (χ4v) is 3.78. The molecule has 128 valence electrons. The zero-order valence-electron chi connectivity index (χ0n) is 13.4. The monoisotopic (exact) mass is 350 g/mol. The SMILES string of the molecule is CCOc1cccc(N(CC)S(=O)(=O)c2cccc([N+](=O)[O-])c2)c1. The first-order chi connectivity index (χ1) is 11.4. The van der Waals surface area contributed by atoms with Crippen molar-refractivity contribution in [2.45, 2.75) is 18.7 Å². The van der Waals surface area contributed by atoms with Gasteiger partial charge in [-0.15, -0.1) is 0 Å². The first-order valence-corrected chi connectivity index (χ1v) is 8.84. The minimum atomic E-state index is -3.92. The molecule has 0 saturated heterocycles. The Labute approximate surface area is 140 Å².